The lowest BCUT2D eigenvalue weighted by atomic mass is 9.94. The minimum Gasteiger partial charge on any atom is -0.339 e. The van der Waals surface area contributed by atoms with Crippen LogP contribution in [0.2, 0.25) is 0 Å². The highest BCUT2D eigenvalue weighted by Crippen LogP contribution is 2.30. The molecule has 1 saturated heterocycles. The molecule has 1 amide bonds. The van der Waals surface area contributed by atoms with Crippen LogP contribution in [0.25, 0.3) is 5.78 Å². The van der Waals surface area contributed by atoms with Gasteiger partial charge in [-0.1, -0.05) is 30.8 Å². The predicted octanol–water partition coefficient (Wildman–Crippen LogP) is 3.66. The Bertz CT molecular complexity index is 1100. The molecule has 9 nitrogen and oxygen atoms in total. The maximum Gasteiger partial charge on any atom is 0.293 e. The molecular weight excluding hydrogens is 406 g/mol. The minimum absolute atomic E-state index is 0.137. The monoisotopic (exact) mass is 437 g/mol. The Labute approximate surface area is 187 Å². The third-order valence-electron chi connectivity index (χ3n) is 6.78. The van der Waals surface area contributed by atoms with E-state index in [-0.39, 0.29) is 11.7 Å². The van der Waals surface area contributed by atoms with E-state index < -0.39 is 0 Å². The predicted molar refractivity (Wildman–Crippen MR) is 117 cm³/mol. The number of hydrogen-bond acceptors (Lipinski definition) is 7. The number of carbonyl (C=O) groups excluding carboxylic acids is 1. The Morgan fingerprint density at radius 2 is 1.88 bits per heavy atom. The molecule has 2 fully saturated rings. The molecule has 2 aliphatic rings. The second kappa shape index (κ2) is 8.96. The fourth-order valence-electron chi connectivity index (χ4n) is 5.12. The normalized spacial score (nSPS) is 20.6. The van der Waals surface area contributed by atoms with E-state index in [4.69, 9.17) is 9.51 Å². The molecule has 3 aromatic heterocycles. The maximum absolute atomic E-state index is 13.1. The zero-order valence-electron chi connectivity index (χ0n) is 19.0. The molecule has 0 aromatic carbocycles. The first kappa shape index (κ1) is 21.0. The van der Waals surface area contributed by atoms with Crippen molar-refractivity contribution in [2.24, 2.45) is 5.92 Å². The SMILES string of the molecule is Cc1cc(C)n2nc(C(=O)N3CCC[C@@H](Cc4nc(C5CCCCCC5)no4)C3)nc2n1. The molecule has 0 bridgehead atoms. The summed E-state index contributed by atoms with van der Waals surface area (Å²) in [6, 6.07) is 1.93. The Kier molecular flexibility index (Phi) is 5.89. The summed E-state index contributed by atoms with van der Waals surface area (Å²) in [5.41, 5.74) is 1.78. The van der Waals surface area contributed by atoms with Crippen LogP contribution in [0.4, 0.5) is 0 Å². The number of aryl methyl sites for hydroxylation is 2. The molecule has 3 aromatic rings. The molecule has 9 heteroatoms. The van der Waals surface area contributed by atoms with Crippen molar-refractivity contribution in [2.75, 3.05) is 13.1 Å². The maximum atomic E-state index is 13.1. The fraction of sp³-hybridized carbons (Fsp3) is 0.652. The Balaban J connectivity index is 1.25. The summed E-state index contributed by atoms with van der Waals surface area (Å²) in [7, 11) is 0. The van der Waals surface area contributed by atoms with Crippen LogP contribution >= 0.6 is 0 Å². The summed E-state index contributed by atoms with van der Waals surface area (Å²) in [5, 5.41) is 8.70. The summed E-state index contributed by atoms with van der Waals surface area (Å²) >= 11 is 0. The average Bonchev–Trinajstić information content (AvgIpc) is 3.33. The second-order valence-electron chi connectivity index (χ2n) is 9.38. The molecule has 1 atom stereocenters. The number of nitrogens with zero attached hydrogens (tertiary/aromatic N) is 7. The van der Waals surface area contributed by atoms with Crippen LogP contribution in [0, 0.1) is 19.8 Å². The molecule has 0 spiro atoms. The van der Waals surface area contributed by atoms with Crippen LogP contribution in [0.15, 0.2) is 10.6 Å². The summed E-state index contributed by atoms with van der Waals surface area (Å²) in [4.78, 5) is 28.5. The van der Waals surface area contributed by atoms with Gasteiger partial charge < -0.3 is 9.42 Å². The zero-order valence-corrected chi connectivity index (χ0v) is 19.0. The van der Waals surface area contributed by atoms with Crippen molar-refractivity contribution < 1.29 is 9.32 Å². The van der Waals surface area contributed by atoms with E-state index in [9.17, 15) is 4.79 Å². The number of amides is 1. The number of hydrogen-bond donors (Lipinski definition) is 0. The van der Waals surface area contributed by atoms with Gasteiger partial charge in [0, 0.05) is 36.8 Å². The largest absolute Gasteiger partial charge is 0.339 e. The molecule has 4 heterocycles. The van der Waals surface area contributed by atoms with Crippen molar-refractivity contribution in [3.63, 3.8) is 0 Å². The third-order valence-corrected chi connectivity index (χ3v) is 6.78. The summed E-state index contributed by atoms with van der Waals surface area (Å²) < 4.78 is 7.24. The number of rotatable bonds is 4. The van der Waals surface area contributed by atoms with Gasteiger partial charge in [0.05, 0.1) is 0 Å². The van der Waals surface area contributed by atoms with Gasteiger partial charge in [-0.25, -0.2) is 9.50 Å². The van der Waals surface area contributed by atoms with Crippen LogP contribution in [-0.4, -0.2) is 53.6 Å². The highest BCUT2D eigenvalue weighted by molar-refractivity contribution is 5.91. The number of fused-ring (bicyclic) bond motifs is 1. The number of aromatic nitrogens is 6. The highest BCUT2D eigenvalue weighted by Gasteiger charge is 2.29. The quantitative estimate of drug-likeness (QED) is 0.574. The highest BCUT2D eigenvalue weighted by atomic mass is 16.5. The van der Waals surface area contributed by atoms with Crippen molar-refractivity contribution in [3.05, 3.63) is 35.0 Å². The number of piperidine rings is 1. The van der Waals surface area contributed by atoms with Crippen LogP contribution in [0.3, 0.4) is 0 Å². The Hall–Kier alpha value is -2.84. The summed E-state index contributed by atoms with van der Waals surface area (Å²) in [6.07, 6.45) is 10.1. The van der Waals surface area contributed by atoms with Crippen molar-refractivity contribution >= 4 is 11.7 Å². The van der Waals surface area contributed by atoms with Crippen molar-refractivity contribution in [1.29, 1.82) is 0 Å². The van der Waals surface area contributed by atoms with Gasteiger partial charge in [-0.05, 0) is 51.5 Å². The second-order valence-corrected chi connectivity index (χ2v) is 9.38. The van der Waals surface area contributed by atoms with Gasteiger partial charge in [0.25, 0.3) is 11.7 Å². The first-order valence-corrected chi connectivity index (χ1v) is 11.9. The fourth-order valence-corrected chi connectivity index (χ4v) is 5.12. The average molecular weight is 438 g/mol. The zero-order chi connectivity index (χ0) is 22.1. The van der Waals surface area contributed by atoms with Crippen LogP contribution in [0.1, 0.15) is 91.0 Å². The van der Waals surface area contributed by atoms with E-state index in [2.05, 4.69) is 20.2 Å². The lowest BCUT2D eigenvalue weighted by Gasteiger charge is -2.31. The van der Waals surface area contributed by atoms with Crippen LogP contribution in [0.5, 0.6) is 0 Å². The molecule has 0 radical (unpaired) electrons. The molecule has 0 unspecified atom stereocenters. The van der Waals surface area contributed by atoms with E-state index in [1.165, 1.54) is 25.7 Å². The molecule has 32 heavy (non-hydrogen) atoms. The first-order valence-electron chi connectivity index (χ1n) is 11.9. The molecule has 1 saturated carbocycles. The molecule has 5 rings (SSSR count). The van der Waals surface area contributed by atoms with Gasteiger partial charge >= 0.3 is 0 Å². The molecule has 0 N–H and O–H groups in total. The van der Waals surface area contributed by atoms with Gasteiger partial charge in [-0.15, -0.1) is 5.10 Å². The number of carbonyl (C=O) groups is 1. The lowest BCUT2D eigenvalue weighted by Crippen LogP contribution is -2.41. The van der Waals surface area contributed by atoms with Gasteiger partial charge in [0.15, 0.2) is 5.82 Å². The summed E-state index contributed by atoms with van der Waals surface area (Å²) in [6.45, 7) is 5.22. The van der Waals surface area contributed by atoms with E-state index in [0.717, 1.165) is 42.9 Å². The Morgan fingerprint density at radius 1 is 1.06 bits per heavy atom. The van der Waals surface area contributed by atoms with Crippen molar-refractivity contribution in [1.82, 2.24) is 34.6 Å². The lowest BCUT2D eigenvalue weighted by molar-refractivity contribution is 0.0656. The smallest absolute Gasteiger partial charge is 0.293 e. The van der Waals surface area contributed by atoms with Crippen molar-refractivity contribution in [2.45, 2.75) is 77.6 Å². The Morgan fingerprint density at radius 3 is 2.69 bits per heavy atom. The van der Waals surface area contributed by atoms with E-state index in [0.29, 0.717) is 43.0 Å². The molecular formula is C23H31N7O2. The summed E-state index contributed by atoms with van der Waals surface area (Å²) in [5.74, 6) is 2.84. The third kappa shape index (κ3) is 4.38. The van der Waals surface area contributed by atoms with Crippen molar-refractivity contribution in [3.8, 4) is 0 Å². The van der Waals surface area contributed by atoms with Crippen LogP contribution in [-0.2, 0) is 6.42 Å². The topological polar surface area (TPSA) is 102 Å². The van der Waals surface area contributed by atoms with Gasteiger partial charge in [0.1, 0.15) is 0 Å². The number of likely N-dealkylation sites (tertiary alicyclic amines) is 1. The van der Waals surface area contributed by atoms with Gasteiger partial charge in [-0.3, -0.25) is 4.79 Å². The van der Waals surface area contributed by atoms with E-state index in [1.807, 2.05) is 24.8 Å². The minimum atomic E-state index is -0.137. The van der Waals surface area contributed by atoms with E-state index >= 15 is 0 Å². The van der Waals surface area contributed by atoms with Gasteiger partial charge in [-0.2, -0.15) is 9.97 Å². The molecule has 1 aliphatic heterocycles. The van der Waals surface area contributed by atoms with Crippen LogP contribution < -0.4 is 0 Å². The molecule has 1 aliphatic carbocycles. The molecule has 170 valence electrons. The van der Waals surface area contributed by atoms with E-state index in [1.54, 1.807) is 4.52 Å². The standard InChI is InChI=1S/C23H31N7O2/c1-15-12-16(2)30-23(24-15)26-21(27-30)22(31)29-11-7-8-17(14-29)13-19-25-20(28-32-19)18-9-5-3-4-6-10-18/h12,17-18H,3-11,13-14H2,1-2H3/t17-/m0/s1. The van der Waals surface area contributed by atoms with Gasteiger partial charge in [0.2, 0.25) is 11.7 Å². The first-order chi connectivity index (χ1) is 15.6.